The van der Waals surface area contributed by atoms with Crippen molar-refractivity contribution in [3.05, 3.63) is 59.4 Å². The zero-order valence-corrected chi connectivity index (χ0v) is 15.2. The first-order valence-electron chi connectivity index (χ1n) is 8.07. The second-order valence-corrected chi connectivity index (χ2v) is 7.98. The van der Waals surface area contributed by atoms with Crippen LogP contribution >= 0.6 is 0 Å². The van der Waals surface area contributed by atoms with E-state index in [2.05, 4.69) is 4.72 Å². The molecule has 26 heavy (non-hydrogen) atoms. The number of hydrogen-bond donors (Lipinski definition) is 1. The number of aryl methyl sites for hydroxylation is 2. The molecule has 138 valence electrons. The number of anilines is 1. The van der Waals surface area contributed by atoms with Gasteiger partial charge in [-0.05, 0) is 49.7 Å². The summed E-state index contributed by atoms with van der Waals surface area (Å²) >= 11 is 0. The Hall–Kier alpha value is -2.45. The Balaban J connectivity index is 1.65. The number of carbonyl (C=O) groups excluding carboxylic acids is 1. The molecule has 2 aromatic carbocycles. The van der Waals surface area contributed by atoms with Gasteiger partial charge in [-0.25, -0.2) is 22.3 Å². The number of amides is 1. The zero-order valence-electron chi connectivity index (χ0n) is 14.4. The fraction of sp³-hybridized carbons (Fsp3) is 0.278. The number of cyclic esters (lactones) is 1. The summed E-state index contributed by atoms with van der Waals surface area (Å²) in [4.78, 5) is 13.5. The van der Waals surface area contributed by atoms with Crippen molar-refractivity contribution in [2.45, 2.75) is 24.8 Å². The molecule has 1 aliphatic heterocycles. The summed E-state index contributed by atoms with van der Waals surface area (Å²) in [6.07, 6.45) is -1.13. The molecule has 1 saturated heterocycles. The number of ether oxygens (including phenoxy) is 1. The molecule has 1 aliphatic rings. The molecule has 1 amide bonds. The number of rotatable bonds is 5. The third-order valence-corrected chi connectivity index (χ3v) is 5.58. The standard InChI is InChI=1S/C18H19FN2O4S/c1-12-3-5-14(6-4-12)21-11-15(25-18(21)22)10-20-26(23,24)16-7-8-17(19)13(2)9-16/h3-9,15,20H,10-11H2,1-2H3. The number of nitrogens with zero attached hydrogens (tertiary/aromatic N) is 1. The van der Waals surface area contributed by atoms with Gasteiger partial charge in [0.2, 0.25) is 10.0 Å². The molecule has 1 N–H and O–H groups in total. The molecular formula is C18H19FN2O4S. The van der Waals surface area contributed by atoms with Gasteiger partial charge < -0.3 is 4.74 Å². The number of carbonyl (C=O) groups is 1. The van der Waals surface area contributed by atoms with Crippen LogP contribution in [0.1, 0.15) is 11.1 Å². The highest BCUT2D eigenvalue weighted by Crippen LogP contribution is 2.22. The average molecular weight is 378 g/mol. The highest BCUT2D eigenvalue weighted by atomic mass is 32.2. The van der Waals surface area contributed by atoms with Crippen LogP contribution in [0, 0.1) is 19.7 Å². The molecule has 0 radical (unpaired) electrons. The monoisotopic (exact) mass is 378 g/mol. The third-order valence-electron chi connectivity index (χ3n) is 4.16. The van der Waals surface area contributed by atoms with Crippen molar-refractivity contribution in [2.75, 3.05) is 18.0 Å². The minimum absolute atomic E-state index is 0.0314. The van der Waals surface area contributed by atoms with Crippen molar-refractivity contribution in [3.8, 4) is 0 Å². The van der Waals surface area contributed by atoms with Gasteiger partial charge in [0.15, 0.2) is 0 Å². The fourth-order valence-corrected chi connectivity index (χ4v) is 3.78. The topological polar surface area (TPSA) is 75.7 Å². The van der Waals surface area contributed by atoms with E-state index < -0.39 is 28.0 Å². The number of hydrogen-bond acceptors (Lipinski definition) is 4. The first-order chi connectivity index (χ1) is 12.3. The summed E-state index contributed by atoms with van der Waals surface area (Å²) in [7, 11) is -3.82. The van der Waals surface area contributed by atoms with Gasteiger partial charge in [-0.2, -0.15) is 0 Å². The van der Waals surface area contributed by atoms with Crippen LogP contribution in [0.4, 0.5) is 14.9 Å². The second kappa shape index (κ2) is 7.05. The van der Waals surface area contributed by atoms with E-state index in [-0.39, 0.29) is 23.5 Å². The highest BCUT2D eigenvalue weighted by Gasteiger charge is 2.33. The largest absolute Gasteiger partial charge is 0.443 e. The van der Waals surface area contributed by atoms with Gasteiger partial charge in [0.1, 0.15) is 11.9 Å². The Morgan fingerprint density at radius 2 is 1.88 bits per heavy atom. The lowest BCUT2D eigenvalue weighted by Gasteiger charge is -2.13. The number of nitrogens with one attached hydrogen (secondary N) is 1. The molecule has 1 unspecified atom stereocenters. The summed E-state index contributed by atoms with van der Waals surface area (Å²) in [6.45, 7) is 3.62. The second-order valence-electron chi connectivity index (χ2n) is 6.21. The van der Waals surface area contributed by atoms with Gasteiger partial charge >= 0.3 is 6.09 Å². The predicted molar refractivity (Wildman–Crippen MR) is 95.1 cm³/mol. The maximum absolute atomic E-state index is 13.3. The Kier molecular flexibility index (Phi) is 4.97. The van der Waals surface area contributed by atoms with E-state index in [4.69, 9.17) is 4.74 Å². The van der Waals surface area contributed by atoms with Crippen molar-refractivity contribution in [1.29, 1.82) is 0 Å². The van der Waals surface area contributed by atoms with Crippen molar-refractivity contribution >= 4 is 21.8 Å². The number of halogens is 1. The van der Waals surface area contributed by atoms with Crippen molar-refractivity contribution in [1.82, 2.24) is 4.72 Å². The van der Waals surface area contributed by atoms with E-state index in [0.29, 0.717) is 5.69 Å². The number of benzene rings is 2. The summed E-state index contributed by atoms with van der Waals surface area (Å²) in [5.74, 6) is -0.470. The molecule has 1 fully saturated rings. The molecule has 0 aliphatic carbocycles. The van der Waals surface area contributed by atoms with E-state index in [9.17, 15) is 17.6 Å². The van der Waals surface area contributed by atoms with Crippen LogP contribution in [-0.2, 0) is 14.8 Å². The van der Waals surface area contributed by atoms with E-state index in [1.165, 1.54) is 24.0 Å². The van der Waals surface area contributed by atoms with Gasteiger partial charge in [-0.1, -0.05) is 17.7 Å². The fourth-order valence-electron chi connectivity index (χ4n) is 2.63. The number of sulfonamides is 1. The Morgan fingerprint density at radius 3 is 2.54 bits per heavy atom. The van der Waals surface area contributed by atoms with Crippen LogP contribution in [0.15, 0.2) is 47.4 Å². The van der Waals surface area contributed by atoms with Crippen molar-refractivity contribution in [2.24, 2.45) is 0 Å². The summed E-state index contributed by atoms with van der Waals surface area (Å²) in [6, 6.07) is 11.0. The quantitative estimate of drug-likeness (QED) is 0.868. The van der Waals surface area contributed by atoms with Crippen molar-refractivity contribution in [3.63, 3.8) is 0 Å². The molecule has 0 aromatic heterocycles. The van der Waals surface area contributed by atoms with Crippen LogP contribution < -0.4 is 9.62 Å². The van der Waals surface area contributed by atoms with Crippen LogP contribution in [0.3, 0.4) is 0 Å². The molecule has 6 nitrogen and oxygen atoms in total. The van der Waals surface area contributed by atoms with E-state index in [1.54, 1.807) is 0 Å². The minimum atomic E-state index is -3.82. The lowest BCUT2D eigenvalue weighted by Crippen LogP contribution is -2.34. The molecule has 2 aromatic rings. The van der Waals surface area contributed by atoms with Crippen LogP contribution in [0.5, 0.6) is 0 Å². The van der Waals surface area contributed by atoms with Crippen LogP contribution in [0.2, 0.25) is 0 Å². The highest BCUT2D eigenvalue weighted by molar-refractivity contribution is 7.89. The average Bonchev–Trinajstić information content (AvgIpc) is 2.97. The maximum atomic E-state index is 13.3. The SMILES string of the molecule is Cc1ccc(N2CC(CNS(=O)(=O)c3ccc(F)c(C)c3)OC2=O)cc1. The summed E-state index contributed by atoms with van der Waals surface area (Å²) < 4.78 is 45.6. The van der Waals surface area contributed by atoms with E-state index >= 15 is 0 Å². The van der Waals surface area contributed by atoms with Crippen molar-refractivity contribution < 1.29 is 22.3 Å². The Bertz CT molecular complexity index is 929. The molecule has 0 saturated carbocycles. The van der Waals surface area contributed by atoms with Gasteiger partial charge in [-0.15, -0.1) is 0 Å². The lowest BCUT2D eigenvalue weighted by atomic mass is 10.2. The van der Waals surface area contributed by atoms with Crippen LogP contribution in [-0.4, -0.2) is 33.7 Å². The summed E-state index contributed by atoms with van der Waals surface area (Å²) in [5, 5.41) is 0. The van der Waals surface area contributed by atoms with Gasteiger partial charge in [0.25, 0.3) is 0 Å². The summed E-state index contributed by atoms with van der Waals surface area (Å²) in [5.41, 5.74) is 2.01. The zero-order chi connectivity index (χ0) is 18.9. The van der Waals surface area contributed by atoms with Gasteiger partial charge in [0.05, 0.1) is 11.4 Å². The molecule has 1 atom stereocenters. The molecular weight excluding hydrogens is 359 g/mol. The molecule has 8 heteroatoms. The third kappa shape index (κ3) is 3.86. The predicted octanol–water partition coefficient (Wildman–Crippen LogP) is 2.75. The lowest BCUT2D eigenvalue weighted by molar-refractivity contribution is 0.143. The van der Waals surface area contributed by atoms with Crippen LogP contribution in [0.25, 0.3) is 0 Å². The molecule has 0 spiro atoms. The Labute approximate surface area is 151 Å². The normalized spacial score (nSPS) is 17.4. The Morgan fingerprint density at radius 1 is 1.19 bits per heavy atom. The first-order valence-corrected chi connectivity index (χ1v) is 9.55. The molecule has 0 bridgehead atoms. The van der Waals surface area contributed by atoms with E-state index in [1.807, 2.05) is 31.2 Å². The van der Waals surface area contributed by atoms with Gasteiger partial charge in [-0.3, -0.25) is 4.90 Å². The first kappa shape index (κ1) is 18.3. The molecule has 3 rings (SSSR count). The minimum Gasteiger partial charge on any atom is -0.443 e. The van der Waals surface area contributed by atoms with Gasteiger partial charge in [0, 0.05) is 12.2 Å². The maximum Gasteiger partial charge on any atom is 0.414 e. The van der Waals surface area contributed by atoms with E-state index in [0.717, 1.165) is 11.6 Å². The smallest absolute Gasteiger partial charge is 0.414 e. The molecule has 1 heterocycles.